The third-order valence-electron chi connectivity index (χ3n) is 11.4. The highest BCUT2D eigenvalue weighted by molar-refractivity contribution is 5.98. The molecule has 3 aromatic carbocycles. The van der Waals surface area contributed by atoms with Crippen LogP contribution < -0.4 is 0 Å². The normalized spacial score (nSPS) is 18.2. The minimum absolute atomic E-state index is 0.0932. The van der Waals surface area contributed by atoms with E-state index in [1.165, 1.54) is 26.6 Å². The van der Waals surface area contributed by atoms with E-state index in [9.17, 15) is 19.2 Å². The molecule has 2 unspecified atom stereocenters. The number of methoxy groups -OCH3 is 2. The van der Waals surface area contributed by atoms with E-state index in [2.05, 4.69) is 81.9 Å². The molecule has 16 nitrogen and oxygen atoms in total. The first-order chi connectivity index (χ1) is 29.9. The molecule has 0 spiro atoms. The molecule has 0 aliphatic carbocycles. The predicted molar refractivity (Wildman–Crippen MR) is 234 cm³/mol. The van der Waals surface area contributed by atoms with Crippen LogP contribution in [0.4, 0.5) is 9.59 Å². The monoisotopic (exact) mass is 844 g/mol. The van der Waals surface area contributed by atoms with Gasteiger partial charge in [0.15, 0.2) is 0 Å². The summed E-state index contributed by atoms with van der Waals surface area (Å²) in [4.78, 5) is 78.2. The summed E-state index contributed by atoms with van der Waals surface area (Å²) in [7, 11) is 2.50. The van der Waals surface area contributed by atoms with Crippen molar-refractivity contribution < 1.29 is 38.1 Å². The van der Waals surface area contributed by atoms with Crippen LogP contribution in [0.5, 0.6) is 0 Å². The van der Waals surface area contributed by atoms with Gasteiger partial charge >= 0.3 is 12.2 Å². The zero-order valence-electron chi connectivity index (χ0n) is 35.7. The Bertz CT molecular complexity index is 2460. The maximum Gasteiger partial charge on any atom is 0.432 e. The van der Waals surface area contributed by atoms with E-state index in [4.69, 9.17) is 9.47 Å². The van der Waals surface area contributed by atoms with Crippen LogP contribution in [0.15, 0.2) is 83.0 Å². The third-order valence-corrected chi connectivity index (χ3v) is 11.4. The first kappa shape index (κ1) is 43.6. The number of nitrogens with one attached hydrogen (secondary N) is 2. The quantitative estimate of drug-likeness (QED) is 0.127. The molecular weight excluding hydrogens is 793 g/mol. The number of fused-ring (bicyclic) bond motifs is 1. The highest BCUT2D eigenvalue weighted by Crippen LogP contribution is 2.33. The molecule has 7 rings (SSSR count). The van der Waals surface area contributed by atoms with Crippen LogP contribution >= 0.6 is 0 Å². The number of carbonyl (C=O) groups is 4. The predicted octanol–water partition coefficient (Wildman–Crippen LogP) is 7.31. The molecule has 2 N–H and O–H groups in total. The van der Waals surface area contributed by atoms with Crippen LogP contribution in [-0.2, 0) is 28.5 Å². The molecule has 4 atom stereocenters. The largest absolute Gasteiger partial charge is 0.451 e. The van der Waals surface area contributed by atoms with E-state index < -0.39 is 36.1 Å². The molecule has 0 saturated carbocycles. The first-order valence-corrected chi connectivity index (χ1v) is 20.7. The van der Waals surface area contributed by atoms with Gasteiger partial charge in [-0.3, -0.25) is 9.59 Å². The Hall–Kier alpha value is -6.52. The van der Waals surface area contributed by atoms with Crippen molar-refractivity contribution in [1.29, 1.82) is 0 Å². The second-order valence-corrected chi connectivity index (χ2v) is 16.0. The molecule has 16 heteroatoms. The number of benzene rings is 3. The highest BCUT2D eigenvalue weighted by Gasteiger charge is 2.37. The Morgan fingerprint density at radius 1 is 0.645 bits per heavy atom. The summed E-state index contributed by atoms with van der Waals surface area (Å²) in [5, 5.41) is 2.13. The summed E-state index contributed by atoms with van der Waals surface area (Å²) in [6.07, 6.45) is 4.78. The van der Waals surface area contributed by atoms with Gasteiger partial charge in [-0.15, -0.1) is 0 Å². The number of hydrogen-bond donors (Lipinski definition) is 2. The van der Waals surface area contributed by atoms with Crippen molar-refractivity contribution in [3.63, 3.8) is 0 Å². The van der Waals surface area contributed by atoms with Gasteiger partial charge in [0.1, 0.15) is 23.7 Å². The van der Waals surface area contributed by atoms with Gasteiger partial charge in [0.2, 0.25) is 11.8 Å². The zero-order chi connectivity index (χ0) is 43.9. The Morgan fingerprint density at radius 2 is 1.06 bits per heavy atom. The number of rotatable bonds is 11. The number of H-pyrrole nitrogens is 2. The van der Waals surface area contributed by atoms with Crippen molar-refractivity contribution in [2.45, 2.75) is 39.8 Å². The minimum atomic E-state index is -0.751. The number of carbonyl (C=O) groups excluding carboxylic acids is 4. The molecule has 2 aliphatic heterocycles. The number of amides is 4. The second-order valence-electron chi connectivity index (χ2n) is 16.0. The molecule has 2 aliphatic rings. The third kappa shape index (κ3) is 9.66. The molecular formula is C46H52N8O8. The number of morpholine rings is 2. The number of aromatic nitrogens is 4. The van der Waals surface area contributed by atoms with E-state index in [0.29, 0.717) is 38.0 Å². The first-order valence-electron chi connectivity index (χ1n) is 20.7. The molecule has 0 radical (unpaired) electrons. The van der Waals surface area contributed by atoms with Crippen molar-refractivity contribution in [3.05, 3.63) is 84.7 Å². The maximum atomic E-state index is 13.8. The SMILES string of the molecule is COC(=O)/N=C\C(C(=O)N1CCOC[C@H]1c1ncc(-c2ccc(-c3ccc4cc(-c5cnc([C@@H]6COCCN6C(=O)C(/C=N/C(=O)OC)C(C)C)[nH]5)ccc4c3)cc2)[nH]1)C(C)C. The van der Waals surface area contributed by atoms with Gasteiger partial charge in [-0.2, -0.15) is 9.98 Å². The number of nitrogens with zero attached hydrogens (tertiary/aromatic N) is 6. The van der Waals surface area contributed by atoms with Crippen molar-refractivity contribution in [2.24, 2.45) is 33.7 Å². The van der Waals surface area contributed by atoms with Gasteiger partial charge in [0.05, 0.1) is 76.3 Å². The molecule has 5 aromatic rings. The number of ether oxygens (including phenoxy) is 4. The summed E-state index contributed by atoms with van der Waals surface area (Å²) in [5.74, 6) is -0.487. The van der Waals surface area contributed by atoms with Crippen molar-refractivity contribution in [2.75, 3.05) is 53.7 Å². The fourth-order valence-corrected chi connectivity index (χ4v) is 7.74. The van der Waals surface area contributed by atoms with Gasteiger partial charge in [-0.1, -0.05) is 76.2 Å². The van der Waals surface area contributed by atoms with Gasteiger partial charge in [0, 0.05) is 31.1 Å². The van der Waals surface area contributed by atoms with Gasteiger partial charge in [-0.25, -0.2) is 19.6 Å². The molecule has 2 saturated heterocycles. The zero-order valence-corrected chi connectivity index (χ0v) is 35.7. The minimum Gasteiger partial charge on any atom is -0.451 e. The van der Waals surface area contributed by atoms with Crippen LogP contribution in [0.2, 0.25) is 0 Å². The summed E-state index contributed by atoms with van der Waals surface area (Å²) in [6, 6.07) is 20.0. The van der Waals surface area contributed by atoms with E-state index in [1.807, 2.05) is 45.9 Å². The van der Waals surface area contributed by atoms with E-state index >= 15 is 0 Å². The lowest BCUT2D eigenvalue weighted by atomic mass is 9.94. The number of imidazole rings is 2. The van der Waals surface area contributed by atoms with Crippen LogP contribution in [0.25, 0.3) is 44.4 Å². The van der Waals surface area contributed by atoms with Crippen LogP contribution in [0, 0.1) is 23.7 Å². The average Bonchev–Trinajstić information content (AvgIpc) is 4.00. The van der Waals surface area contributed by atoms with Gasteiger partial charge in [0.25, 0.3) is 0 Å². The highest BCUT2D eigenvalue weighted by atomic mass is 16.5. The molecule has 2 aromatic heterocycles. The molecule has 62 heavy (non-hydrogen) atoms. The fraction of sp³-hybridized carbons (Fsp3) is 0.391. The molecule has 2 fully saturated rings. The van der Waals surface area contributed by atoms with Crippen LogP contribution in [-0.4, -0.2) is 120 Å². The van der Waals surface area contributed by atoms with Gasteiger partial charge in [-0.05, 0) is 51.4 Å². The molecule has 0 bridgehead atoms. The Balaban J connectivity index is 1.04. The number of aromatic amines is 2. The van der Waals surface area contributed by atoms with E-state index in [-0.39, 0.29) is 36.9 Å². The lowest BCUT2D eigenvalue weighted by Gasteiger charge is -2.36. The fourth-order valence-electron chi connectivity index (χ4n) is 7.74. The Morgan fingerprint density at radius 3 is 1.53 bits per heavy atom. The maximum absolute atomic E-state index is 13.8. The Kier molecular flexibility index (Phi) is 13.7. The topological polar surface area (TPSA) is 194 Å². The van der Waals surface area contributed by atoms with E-state index in [0.717, 1.165) is 44.4 Å². The standard InChI is InChI=1S/C46H52N8O8/c1-27(2)35(21-49-45(57)59-5)43(55)53-15-17-61-25-39(53)41-47-23-37(51-41)30-9-7-29(8-10-30)31-11-12-33-20-34(14-13-32(33)19-31)38-24-48-42(52-38)40-26-62-18-16-54(40)44(56)36(28(3)4)22-50-46(58)60-6/h7-14,19-24,27-28,35-36,39-40H,15-18,25-26H2,1-6H3,(H,47,51)(H,48,52)/b49-21-,50-22+/t35?,36?,39-,40-/m0/s1. The van der Waals surface area contributed by atoms with Crippen LogP contribution in [0.1, 0.15) is 51.4 Å². The van der Waals surface area contributed by atoms with Crippen LogP contribution in [0.3, 0.4) is 0 Å². The Labute approximate surface area is 359 Å². The van der Waals surface area contributed by atoms with E-state index in [1.54, 1.807) is 22.2 Å². The number of hydrogen-bond acceptors (Lipinski definition) is 10. The lowest BCUT2D eigenvalue weighted by molar-refractivity contribution is -0.144. The lowest BCUT2D eigenvalue weighted by Crippen LogP contribution is -2.47. The van der Waals surface area contributed by atoms with Crippen molar-refractivity contribution in [3.8, 4) is 33.6 Å². The smallest absolute Gasteiger partial charge is 0.432 e. The molecule has 4 heterocycles. The summed E-state index contributed by atoms with van der Waals surface area (Å²) < 4.78 is 20.8. The molecule has 4 amide bonds. The van der Waals surface area contributed by atoms with Gasteiger partial charge < -0.3 is 38.7 Å². The number of aliphatic imine (C=N–C) groups is 2. The summed E-state index contributed by atoms with van der Waals surface area (Å²) >= 11 is 0. The second kappa shape index (κ2) is 19.5. The average molecular weight is 845 g/mol. The summed E-state index contributed by atoms with van der Waals surface area (Å²) in [5.41, 5.74) is 5.63. The van der Waals surface area contributed by atoms with Crippen molar-refractivity contribution >= 4 is 47.2 Å². The molecule has 324 valence electrons. The summed E-state index contributed by atoms with van der Waals surface area (Å²) in [6.45, 7) is 9.80. The van der Waals surface area contributed by atoms with Crippen molar-refractivity contribution in [1.82, 2.24) is 29.7 Å².